The summed E-state index contributed by atoms with van der Waals surface area (Å²) in [5, 5.41) is 4.58. The minimum Gasteiger partial charge on any atom is -0.399 e. The van der Waals surface area contributed by atoms with Crippen molar-refractivity contribution in [2.24, 2.45) is 0 Å². The Hall–Kier alpha value is -4.76. The monoisotopic (exact) mass is 491 g/mol. The third kappa shape index (κ3) is 3.43. The number of rotatable bonds is 3. The van der Waals surface area contributed by atoms with Crippen molar-refractivity contribution >= 4 is 50.0 Å². The van der Waals surface area contributed by atoms with Crippen molar-refractivity contribution in [1.29, 1.82) is 0 Å². The van der Waals surface area contributed by atoms with Gasteiger partial charge in [0.25, 0.3) is 0 Å². The summed E-state index contributed by atoms with van der Waals surface area (Å²) < 4.78 is 0. The van der Waals surface area contributed by atoms with Crippen LogP contribution in [0.25, 0.3) is 32.7 Å². The molecule has 0 bridgehead atoms. The number of nitrogens with zero attached hydrogens (tertiary/aromatic N) is 1. The molecule has 38 heavy (non-hydrogen) atoms. The van der Waals surface area contributed by atoms with Gasteiger partial charge in [-0.05, 0) is 104 Å². The van der Waals surface area contributed by atoms with Crippen LogP contribution in [0.4, 0.5) is 28.4 Å². The predicted molar refractivity (Wildman–Crippen MR) is 163 cm³/mol. The number of nitrogens with two attached hydrogens (primary N) is 2. The predicted octanol–water partition coefficient (Wildman–Crippen LogP) is 8.93. The second kappa shape index (κ2) is 8.12. The zero-order chi connectivity index (χ0) is 26.0. The molecule has 0 atom stereocenters. The van der Waals surface area contributed by atoms with E-state index in [0.29, 0.717) is 0 Å². The SMILES string of the molecule is CC1(C)c2ccccc2-c2ccc(N(c3ccc4cc(N)ccc4c3)c3ccc4cc(N)ccc4c3)cc21. The van der Waals surface area contributed by atoms with Crippen molar-refractivity contribution in [1.82, 2.24) is 0 Å². The quantitative estimate of drug-likeness (QED) is 0.243. The Kier molecular flexibility index (Phi) is 4.80. The van der Waals surface area contributed by atoms with Gasteiger partial charge in [0.15, 0.2) is 0 Å². The summed E-state index contributed by atoms with van der Waals surface area (Å²) in [6.07, 6.45) is 0. The first-order chi connectivity index (χ1) is 18.4. The number of benzene rings is 6. The Morgan fingerprint density at radius 2 is 0.947 bits per heavy atom. The van der Waals surface area contributed by atoms with E-state index in [1.165, 1.54) is 22.3 Å². The Morgan fingerprint density at radius 3 is 1.58 bits per heavy atom. The molecule has 0 spiro atoms. The molecule has 3 nitrogen and oxygen atoms in total. The number of hydrogen-bond acceptors (Lipinski definition) is 3. The van der Waals surface area contributed by atoms with Gasteiger partial charge in [-0.25, -0.2) is 0 Å². The molecule has 184 valence electrons. The Bertz CT molecular complexity index is 1800. The van der Waals surface area contributed by atoms with Crippen LogP contribution in [0.3, 0.4) is 0 Å². The van der Waals surface area contributed by atoms with Gasteiger partial charge < -0.3 is 16.4 Å². The normalized spacial score (nSPS) is 13.4. The fraction of sp³-hybridized carbons (Fsp3) is 0.0857. The van der Waals surface area contributed by atoms with Crippen LogP contribution in [-0.2, 0) is 5.41 Å². The highest BCUT2D eigenvalue weighted by Crippen LogP contribution is 2.50. The average molecular weight is 492 g/mol. The van der Waals surface area contributed by atoms with E-state index in [1.807, 2.05) is 24.3 Å². The van der Waals surface area contributed by atoms with Gasteiger partial charge in [-0.2, -0.15) is 0 Å². The van der Waals surface area contributed by atoms with Gasteiger partial charge in [0.05, 0.1) is 0 Å². The summed E-state index contributed by atoms with van der Waals surface area (Å²) in [5.41, 5.74) is 22.3. The van der Waals surface area contributed by atoms with E-state index >= 15 is 0 Å². The molecule has 7 rings (SSSR count). The molecule has 0 heterocycles. The number of nitrogen functional groups attached to an aromatic ring is 2. The zero-order valence-electron chi connectivity index (χ0n) is 21.6. The van der Waals surface area contributed by atoms with Crippen molar-refractivity contribution in [2.45, 2.75) is 19.3 Å². The van der Waals surface area contributed by atoms with Crippen molar-refractivity contribution in [3.05, 3.63) is 126 Å². The molecule has 0 saturated carbocycles. The van der Waals surface area contributed by atoms with Crippen molar-refractivity contribution in [2.75, 3.05) is 16.4 Å². The van der Waals surface area contributed by atoms with Gasteiger partial charge in [0.2, 0.25) is 0 Å². The molecule has 0 saturated heterocycles. The summed E-state index contributed by atoms with van der Waals surface area (Å²) in [6, 6.07) is 41.0. The lowest BCUT2D eigenvalue weighted by molar-refractivity contribution is 0.660. The highest BCUT2D eigenvalue weighted by molar-refractivity contribution is 5.95. The molecule has 0 amide bonds. The fourth-order valence-corrected chi connectivity index (χ4v) is 6.06. The Morgan fingerprint density at radius 1 is 0.474 bits per heavy atom. The zero-order valence-corrected chi connectivity index (χ0v) is 21.6. The first kappa shape index (κ1) is 22.4. The van der Waals surface area contributed by atoms with E-state index in [1.54, 1.807) is 0 Å². The first-order valence-corrected chi connectivity index (χ1v) is 13.0. The van der Waals surface area contributed by atoms with E-state index in [4.69, 9.17) is 11.5 Å². The minimum atomic E-state index is -0.0740. The molecule has 0 aromatic heterocycles. The summed E-state index contributed by atoms with van der Waals surface area (Å²) in [7, 11) is 0. The van der Waals surface area contributed by atoms with Crippen LogP contribution in [0.5, 0.6) is 0 Å². The van der Waals surface area contributed by atoms with Gasteiger partial charge in [0, 0.05) is 33.9 Å². The van der Waals surface area contributed by atoms with Crippen LogP contribution in [0, 0.1) is 0 Å². The molecular weight excluding hydrogens is 462 g/mol. The standard InChI is InChI=1S/C35H29N3/c1-35(2)33-6-4-3-5-31(33)32-16-15-30(21-34(32)35)38(28-13-9-22-17-26(36)11-7-24(22)19-28)29-14-10-23-18-27(37)12-8-25(23)20-29/h3-21H,36-37H2,1-2H3. The molecule has 1 aliphatic carbocycles. The smallest absolute Gasteiger partial charge is 0.0468 e. The van der Waals surface area contributed by atoms with Gasteiger partial charge >= 0.3 is 0 Å². The average Bonchev–Trinajstić information content (AvgIpc) is 3.15. The van der Waals surface area contributed by atoms with E-state index in [2.05, 4.69) is 110 Å². The molecule has 1 aliphatic rings. The number of fused-ring (bicyclic) bond motifs is 5. The van der Waals surface area contributed by atoms with Gasteiger partial charge in [-0.3, -0.25) is 0 Å². The molecule has 3 heteroatoms. The van der Waals surface area contributed by atoms with E-state index < -0.39 is 0 Å². The topological polar surface area (TPSA) is 55.3 Å². The third-order valence-corrected chi connectivity index (χ3v) is 8.04. The van der Waals surface area contributed by atoms with Gasteiger partial charge in [0.1, 0.15) is 0 Å². The lowest BCUT2D eigenvalue weighted by atomic mass is 9.82. The van der Waals surface area contributed by atoms with Gasteiger partial charge in [-0.1, -0.05) is 68.4 Å². The van der Waals surface area contributed by atoms with E-state index in [9.17, 15) is 0 Å². The maximum Gasteiger partial charge on any atom is 0.0468 e. The molecule has 0 radical (unpaired) electrons. The summed E-state index contributed by atoms with van der Waals surface area (Å²) in [4.78, 5) is 2.35. The Labute approximate surface area is 222 Å². The van der Waals surface area contributed by atoms with Gasteiger partial charge in [-0.15, -0.1) is 0 Å². The van der Waals surface area contributed by atoms with Crippen molar-refractivity contribution in [3.63, 3.8) is 0 Å². The van der Waals surface area contributed by atoms with Crippen LogP contribution >= 0.6 is 0 Å². The molecule has 0 fully saturated rings. The molecule has 0 aliphatic heterocycles. The lowest BCUT2D eigenvalue weighted by Crippen LogP contribution is -2.16. The second-order valence-corrected chi connectivity index (χ2v) is 10.8. The fourth-order valence-electron chi connectivity index (χ4n) is 6.06. The maximum atomic E-state index is 6.06. The highest BCUT2D eigenvalue weighted by atomic mass is 15.1. The minimum absolute atomic E-state index is 0.0740. The molecule has 6 aromatic rings. The maximum absolute atomic E-state index is 6.06. The number of hydrogen-bond donors (Lipinski definition) is 2. The van der Waals surface area contributed by atoms with Crippen LogP contribution in [0.15, 0.2) is 115 Å². The van der Waals surface area contributed by atoms with Crippen molar-refractivity contribution in [3.8, 4) is 11.1 Å². The summed E-state index contributed by atoms with van der Waals surface area (Å²) in [5.74, 6) is 0. The van der Waals surface area contributed by atoms with E-state index in [0.717, 1.165) is 50.0 Å². The van der Waals surface area contributed by atoms with Crippen LogP contribution in [0.1, 0.15) is 25.0 Å². The lowest BCUT2D eigenvalue weighted by Gasteiger charge is -2.28. The molecular formula is C35H29N3. The first-order valence-electron chi connectivity index (χ1n) is 13.0. The second-order valence-electron chi connectivity index (χ2n) is 10.8. The molecule has 6 aromatic carbocycles. The summed E-state index contributed by atoms with van der Waals surface area (Å²) >= 11 is 0. The number of anilines is 5. The highest BCUT2D eigenvalue weighted by Gasteiger charge is 2.35. The van der Waals surface area contributed by atoms with E-state index in [-0.39, 0.29) is 5.41 Å². The van der Waals surface area contributed by atoms with Crippen LogP contribution in [0.2, 0.25) is 0 Å². The van der Waals surface area contributed by atoms with Crippen LogP contribution < -0.4 is 16.4 Å². The van der Waals surface area contributed by atoms with Crippen molar-refractivity contribution < 1.29 is 0 Å². The van der Waals surface area contributed by atoms with Crippen LogP contribution in [-0.4, -0.2) is 0 Å². The molecule has 4 N–H and O–H groups in total. The summed E-state index contributed by atoms with van der Waals surface area (Å²) in [6.45, 7) is 4.65. The third-order valence-electron chi connectivity index (χ3n) is 8.04. The largest absolute Gasteiger partial charge is 0.399 e. The molecule has 0 unspecified atom stereocenters. The Balaban J connectivity index is 1.44.